The number of nitrogens with one attached hydrogen (secondary N) is 1. The molecule has 1 aliphatic rings. The molecule has 124 valence electrons. The molecule has 0 saturated carbocycles. The van der Waals surface area contributed by atoms with E-state index in [1.165, 1.54) is 12.5 Å². The quantitative estimate of drug-likeness (QED) is 0.631. The van der Waals surface area contributed by atoms with Gasteiger partial charge in [0, 0.05) is 13.1 Å². The Labute approximate surface area is 140 Å². The predicted molar refractivity (Wildman–Crippen MR) is 88.6 cm³/mol. The standard InChI is InChI=1S/C19H19NO4/c1-19(12-21,18(22)23)17(24-16-5-3-2-4-6-16)13-7-8-14-10-20-11-15(14)9-13/h2-9,12,17,20H,10-11H2,1H3,(H,22,23). The van der Waals surface area contributed by atoms with E-state index in [9.17, 15) is 14.7 Å². The van der Waals surface area contributed by atoms with Gasteiger partial charge in [-0.05, 0) is 35.7 Å². The van der Waals surface area contributed by atoms with Gasteiger partial charge in [-0.15, -0.1) is 0 Å². The third-order valence-corrected chi connectivity index (χ3v) is 4.41. The van der Waals surface area contributed by atoms with Crippen LogP contribution in [0.1, 0.15) is 29.7 Å². The number of hydrogen-bond donors (Lipinski definition) is 2. The number of para-hydroxylation sites is 1. The van der Waals surface area contributed by atoms with Gasteiger partial charge >= 0.3 is 5.97 Å². The van der Waals surface area contributed by atoms with Crippen LogP contribution in [0, 0.1) is 5.41 Å². The summed E-state index contributed by atoms with van der Waals surface area (Å²) in [6, 6.07) is 14.7. The third kappa shape index (κ3) is 2.90. The maximum atomic E-state index is 11.8. The molecule has 0 saturated heterocycles. The zero-order chi connectivity index (χ0) is 17.2. The molecular formula is C19H19NO4. The summed E-state index contributed by atoms with van der Waals surface area (Å²) in [7, 11) is 0. The van der Waals surface area contributed by atoms with Crippen molar-refractivity contribution in [2.45, 2.75) is 26.1 Å². The van der Waals surface area contributed by atoms with Crippen LogP contribution in [0.4, 0.5) is 0 Å². The summed E-state index contributed by atoms with van der Waals surface area (Å²) in [5.41, 5.74) is 1.28. The molecule has 1 heterocycles. The second-order valence-corrected chi connectivity index (χ2v) is 6.15. The minimum atomic E-state index is -1.68. The van der Waals surface area contributed by atoms with Crippen LogP contribution in [0.2, 0.25) is 0 Å². The lowest BCUT2D eigenvalue weighted by Crippen LogP contribution is -2.39. The topological polar surface area (TPSA) is 75.6 Å². The highest BCUT2D eigenvalue weighted by Crippen LogP contribution is 2.38. The van der Waals surface area contributed by atoms with Crippen molar-refractivity contribution >= 4 is 12.3 Å². The van der Waals surface area contributed by atoms with Gasteiger partial charge < -0.3 is 20.0 Å². The summed E-state index contributed by atoms with van der Waals surface area (Å²) in [6.45, 7) is 2.91. The van der Waals surface area contributed by atoms with Crippen molar-refractivity contribution in [3.05, 3.63) is 65.2 Å². The minimum absolute atomic E-state index is 0.453. The average molecular weight is 325 g/mol. The third-order valence-electron chi connectivity index (χ3n) is 4.41. The van der Waals surface area contributed by atoms with Crippen LogP contribution in [0.15, 0.2) is 48.5 Å². The highest BCUT2D eigenvalue weighted by molar-refractivity contribution is 5.92. The number of carbonyl (C=O) groups excluding carboxylic acids is 1. The Morgan fingerprint density at radius 1 is 1.21 bits per heavy atom. The van der Waals surface area contributed by atoms with Crippen molar-refractivity contribution in [2.75, 3.05) is 0 Å². The number of rotatable bonds is 6. The second kappa shape index (κ2) is 6.45. The van der Waals surface area contributed by atoms with E-state index < -0.39 is 17.5 Å². The first kappa shape index (κ1) is 16.2. The number of carboxylic acid groups (broad SMARTS) is 1. The van der Waals surface area contributed by atoms with Gasteiger partial charge in [0.1, 0.15) is 18.1 Å². The first-order chi connectivity index (χ1) is 11.5. The number of ether oxygens (including phenoxy) is 1. The Morgan fingerprint density at radius 3 is 2.58 bits per heavy atom. The monoisotopic (exact) mass is 325 g/mol. The first-order valence-corrected chi connectivity index (χ1v) is 7.78. The molecule has 2 unspecified atom stereocenters. The highest BCUT2D eigenvalue weighted by atomic mass is 16.5. The van der Waals surface area contributed by atoms with Crippen LogP contribution in [-0.4, -0.2) is 17.4 Å². The lowest BCUT2D eigenvalue weighted by atomic mass is 9.81. The smallest absolute Gasteiger partial charge is 0.320 e. The molecule has 2 N–H and O–H groups in total. The van der Waals surface area contributed by atoms with E-state index in [1.54, 1.807) is 24.3 Å². The van der Waals surface area contributed by atoms with Crippen molar-refractivity contribution < 1.29 is 19.4 Å². The summed E-state index contributed by atoms with van der Waals surface area (Å²) in [5, 5.41) is 12.9. The molecule has 3 rings (SSSR count). The Balaban J connectivity index is 2.04. The van der Waals surface area contributed by atoms with Crippen molar-refractivity contribution in [3.8, 4) is 5.75 Å². The van der Waals surface area contributed by atoms with Gasteiger partial charge in [0.05, 0.1) is 0 Å². The van der Waals surface area contributed by atoms with Crippen molar-refractivity contribution in [3.63, 3.8) is 0 Å². The van der Waals surface area contributed by atoms with E-state index in [4.69, 9.17) is 4.74 Å². The van der Waals surface area contributed by atoms with Gasteiger partial charge in [0.2, 0.25) is 0 Å². The summed E-state index contributed by atoms with van der Waals surface area (Å²) >= 11 is 0. The average Bonchev–Trinajstić information content (AvgIpc) is 3.07. The molecule has 2 atom stereocenters. The molecule has 0 aliphatic carbocycles. The molecule has 0 spiro atoms. The molecule has 0 fully saturated rings. The normalized spacial score (nSPS) is 16.7. The minimum Gasteiger partial charge on any atom is -0.484 e. The van der Waals surface area contributed by atoms with Crippen molar-refractivity contribution in [1.29, 1.82) is 0 Å². The Bertz CT molecular complexity index is 759. The fraction of sp³-hybridized carbons (Fsp3) is 0.263. The number of carbonyl (C=O) groups is 2. The SMILES string of the molecule is CC(C=O)(C(=O)O)C(Oc1ccccc1)c1ccc2c(c1)CNC2. The maximum Gasteiger partial charge on any atom is 0.320 e. The number of carboxylic acids is 1. The van der Waals surface area contributed by atoms with E-state index >= 15 is 0 Å². The van der Waals surface area contributed by atoms with Crippen LogP contribution >= 0.6 is 0 Å². The summed E-state index contributed by atoms with van der Waals surface area (Å²) in [6.07, 6.45) is -0.463. The molecule has 24 heavy (non-hydrogen) atoms. The van der Waals surface area contributed by atoms with Crippen LogP contribution < -0.4 is 10.1 Å². The van der Waals surface area contributed by atoms with Crippen molar-refractivity contribution in [2.24, 2.45) is 5.41 Å². The molecule has 0 aromatic heterocycles. The molecule has 2 aromatic carbocycles. The first-order valence-electron chi connectivity index (χ1n) is 7.78. The van der Waals surface area contributed by atoms with E-state index in [0.717, 1.165) is 18.7 Å². The zero-order valence-electron chi connectivity index (χ0n) is 13.4. The summed E-state index contributed by atoms with van der Waals surface area (Å²) < 4.78 is 5.95. The number of hydrogen-bond acceptors (Lipinski definition) is 4. The van der Waals surface area contributed by atoms with E-state index in [2.05, 4.69) is 5.32 Å². The Hall–Kier alpha value is -2.66. The molecule has 2 aromatic rings. The van der Waals surface area contributed by atoms with E-state index in [0.29, 0.717) is 17.6 Å². The van der Waals surface area contributed by atoms with E-state index in [1.807, 2.05) is 24.3 Å². The summed E-state index contributed by atoms with van der Waals surface area (Å²) in [4.78, 5) is 23.4. The highest BCUT2D eigenvalue weighted by Gasteiger charge is 2.45. The fourth-order valence-corrected chi connectivity index (χ4v) is 2.87. The van der Waals surface area contributed by atoms with Crippen LogP contribution in [0.3, 0.4) is 0 Å². The van der Waals surface area contributed by atoms with Gasteiger partial charge in [0.15, 0.2) is 5.41 Å². The van der Waals surface area contributed by atoms with Gasteiger partial charge in [-0.25, -0.2) is 0 Å². The van der Waals surface area contributed by atoms with Crippen LogP contribution in [0.25, 0.3) is 0 Å². The molecule has 1 aliphatic heterocycles. The van der Waals surface area contributed by atoms with Gasteiger partial charge in [0.25, 0.3) is 0 Å². The largest absolute Gasteiger partial charge is 0.484 e. The molecule has 5 nitrogen and oxygen atoms in total. The number of fused-ring (bicyclic) bond motifs is 1. The second-order valence-electron chi connectivity index (χ2n) is 6.15. The number of aliphatic carboxylic acids is 1. The maximum absolute atomic E-state index is 11.8. The summed E-state index contributed by atoms with van der Waals surface area (Å²) in [5.74, 6) is -0.687. The van der Waals surface area contributed by atoms with Gasteiger partial charge in [-0.1, -0.05) is 36.4 Å². The molecule has 0 bridgehead atoms. The Morgan fingerprint density at radius 2 is 1.92 bits per heavy atom. The zero-order valence-corrected chi connectivity index (χ0v) is 13.4. The molecule has 5 heteroatoms. The van der Waals surface area contributed by atoms with Crippen LogP contribution in [-0.2, 0) is 22.7 Å². The molecule has 0 radical (unpaired) electrons. The number of benzene rings is 2. The molecule has 0 amide bonds. The van der Waals surface area contributed by atoms with Crippen LogP contribution in [0.5, 0.6) is 5.75 Å². The van der Waals surface area contributed by atoms with Crippen molar-refractivity contribution in [1.82, 2.24) is 5.32 Å². The van der Waals surface area contributed by atoms with E-state index in [-0.39, 0.29) is 0 Å². The molecular weight excluding hydrogens is 306 g/mol. The number of aldehydes is 1. The Kier molecular flexibility index (Phi) is 4.36. The van der Waals surface area contributed by atoms with Gasteiger partial charge in [-0.3, -0.25) is 4.79 Å². The lowest BCUT2D eigenvalue weighted by molar-refractivity contribution is -0.156. The fourth-order valence-electron chi connectivity index (χ4n) is 2.87. The predicted octanol–water partition coefficient (Wildman–Crippen LogP) is 2.70. The lowest BCUT2D eigenvalue weighted by Gasteiger charge is -2.30. The van der Waals surface area contributed by atoms with Gasteiger partial charge in [-0.2, -0.15) is 0 Å².